The van der Waals surface area contributed by atoms with Gasteiger partial charge in [0.15, 0.2) is 0 Å². The molecule has 0 aliphatic heterocycles. The van der Waals surface area contributed by atoms with E-state index in [9.17, 15) is 9.50 Å². The number of aromatic hydroxyl groups is 1. The van der Waals surface area contributed by atoms with Crippen LogP contribution in [0.25, 0.3) is 0 Å². The first kappa shape index (κ1) is 14.9. The van der Waals surface area contributed by atoms with Crippen LogP contribution in [-0.2, 0) is 11.3 Å². The first-order valence-corrected chi connectivity index (χ1v) is 6.37. The SMILES string of the molecule is COc1ccc(COC(F)C#Cc2ccccc2O)cc1. The zero-order chi connectivity index (χ0) is 15.1. The molecular weight excluding hydrogens is 271 g/mol. The average molecular weight is 286 g/mol. The van der Waals surface area contributed by atoms with Crippen molar-refractivity contribution < 1.29 is 19.0 Å². The number of rotatable bonds is 4. The van der Waals surface area contributed by atoms with E-state index in [-0.39, 0.29) is 12.4 Å². The Kier molecular flexibility index (Phi) is 5.19. The Labute approximate surface area is 122 Å². The van der Waals surface area contributed by atoms with Gasteiger partial charge in [0.2, 0.25) is 0 Å². The number of phenols is 1. The number of para-hydroxylation sites is 1. The predicted octanol–water partition coefficient (Wildman–Crippen LogP) is 3.26. The van der Waals surface area contributed by atoms with E-state index in [2.05, 4.69) is 11.8 Å². The van der Waals surface area contributed by atoms with Crippen molar-refractivity contribution in [3.63, 3.8) is 0 Å². The molecule has 0 bridgehead atoms. The minimum Gasteiger partial charge on any atom is -0.507 e. The van der Waals surface area contributed by atoms with Crippen LogP contribution < -0.4 is 4.74 Å². The van der Waals surface area contributed by atoms with Gasteiger partial charge in [-0.15, -0.1) is 0 Å². The monoisotopic (exact) mass is 286 g/mol. The molecule has 0 saturated carbocycles. The van der Waals surface area contributed by atoms with Gasteiger partial charge in [-0.1, -0.05) is 30.2 Å². The van der Waals surface area contributed by atoms with Gasteiger partial charge in [-0.3, -0.25) is 0 Å². The number of halogens is 1. The van der Waals surface area contributed by atoms with Gasteiger partial charge in [-0.2, -0.15) is 0 Å². The molecular formula is C17H15FO3. The molecule has 0 amide bonds. The van der Waals surface area contributed by atoms with Gasteiger partial charge in [0.1, 0.15) is 11.5 Å². The van der Waals surface area contributed by atoms with E-state index in [1.54, 1.807) is 49.6 Å². The molecule has 4 heteroatoms. The fourth-order valence-electron chi connectivity index (χ4n) is 1.65. The second-order valence-electron chi connectivity index (χ2n) is 4.26. The number of hydrogen-bond donors (Lipinski definition) is 1. The lowest BCUT2D eigenvalue weighted by Crippen LogP contribution is -2.03. The third-order valence-corrected chi connectivity index (χ3v) is 2.78. The smallest absolute Gasteiger partial charge is 0.262 e. The first-order chi connectivity index (χ1) is 10.2. The summed E-state index contributed by atoms with van der Waals surface area (Å²) in [7, 11) is 1.58. The summed E-state index contributed by atoms with van der Waals surface area (Å²) in [6, 6.07) is 13.6. The van der Waals surface area contributed by atoms with E-state index < -0.39 is 6.36 Å². The summed E-state index contributed by atoms with van der Waals surface area (Å²) in [6.07, 6.45) is -1.72. The average Bonchev–Trinajstić information content (AvgIpc) is 2.52. The fourth-order valence-corrected chi connectivity index (χ4v) is 1.65. The molecule has 2 aromatic rings. The lowest BCUT2D eigenvalue weighted by atomic mass is 10.2. The van der Waals surface area contributed by atoms with Crippen molar-refractivity contribution >= 4 is 0 Å². The standard InChI is InChI=1S/C17H15FO3/c1-20-15-9-6-13(7-10-15)12-21-17(18)11-8-14-4-2-3-5-16(14)19/h2-7,9-10,17,19H,12H2,1H3. The summed E-state index contributed by atoms with van der Waals surface area (Å²) in [5.74, 6) is 5.61. The van der Waals surface area contributed by atoms with Crippen molar-refractivity contribution in [3.8, 4) is 23.3 Å². The Morgan fingerprint density at radius 3 is 2.52 bits per heavy atom. The number of phenolic OH excluding ortho intramolecular Hbond substituents is 1. The summed E-state index contributed by atoms with van der Waals surface area (Å²) < 4.78 is 23.6. The Hall–Kier alpha value is -2.51. The molecule has 0 heterocycles. The van der Waals surface area contributed by atoms with Crippen LogP contribution in [0.3, 0.4) is 0 Å². The third kappa shape index (κ3) is 4.51. The first-order valence-electron chi connectivity index (χ1n) is 6.37. The van der Waals surface area contributed by atoms with Crippen molar-refractivity contribution in [2.45, 2.75) is 13.0 Å². The second-order valence-corrected chi connectivity index (χ2v) is 4.26. The van der Waals surface area contributed by atoms with Gasteiger partial charge in [0.05, 0.1) is 19.3 Å². The van der Waals surface area contributed by atoms with E-state index in [1.165, 1.54) is 6.07 Å². The minimum absolute atomic E-state index is 0.0207. The molecule has 0 spiro atoms. The molecule has 21 heavy (non-hydrogen) atoms. The Morgan fingerprint density at radius 2 is 1.86 bits per heavy atom. The Morgan fingerprint density at radius 1 is 1.14 bits per heavy atom. The maximum Gasteiger partial charge on any atom is 0.262 e. The molecule has 0 aromatic heterocycles. The van der Waals surface area contributed by atoms with Gasteiger partial charge >= 0.3 is 0 Å². The molecule has 0 aliphatic rings. The molecule has 3 nitrogen and oxygen atoms in total. The molecule has 108 valence electrons. The van der Waals surface area contributed by atoms with Crippen LogP contribution in [0.1, 0.15) is 11.1 Å². The summed E-state index contributed by atoms with van der Waals surface area (Å²) in [4.78, 5) is 0. The largest absolute Gasteiger partial charge is 0.507 e. The summed E-state index contributed by atoms with van der Waals surface area (Å²) in [6.45, 7) is 0.112. The zero-order valence-corrected chi connectivity index (χ0v) is 11.5. The van der Waals surface area contributed by atoms with Gasteiger partial charge in [-0.25, -0.2) is 4.39 Å². The molecule has 1 unspecified atom stereocenters. The highest BCUT2D eigenvalue weighted by Gasteiger charge is 2.03. The molecule has 0 aliphatic carbocycles. The van der Waals surface area contributed by atoms with Crippen LogP contribution in [0.15, 0.2) is 48.5 Å². The van der Waals surface area contributed by atoms with Crippen molar-refractivity contribution in [2.75, 3.05) is 7.11 Å². The lowest BCUT2D eigenvalue weighted by molar-refractivity contribution is -0.00722. The van der Waals surface area contributed by atoms with Crippen LogP contribution in [0, 0.1) is 11.8 Å². The van der Waals surface area contributed by atoms with Crippen molar-refractivity contribution in [1.29, 1.82) is 0 Å². The van der Waals surface area contributed by atoms with Crippen molar-refractivity contribution in [3.05, 3.63) is 59.7 Å². The molecule has 1 N–H and O–H groups in total. The van der Waals surface area contributed by atoms with Crippen LogP contribution in [-0.4, -0.2) is 18.6 Å². The summed E-state index contributed by atoms with van der Waals surface area (Å²) in [5, 5.41) is 9.50. The van der Waals surface area contributed by atoms with E-state index in [0.717, 1.165) is 11.3 Å². The fraction of sp³-hybridized carbons (Fsp3) is 0.176. The summed E-state index contributed by atoms with van der Waals surface area (Å²) >= 11 is 0. The number of alkyl halides is 1. The normalized spacial score (nSPS) is 11.3. The van der Waals surface area contributed by atoms with Gasteiger partial charge in [0.25, 0.3) is 6.36 Å². The topological polar surface area (TPSA) is 38.7 Å². The number of ether oxygens (including phenoxy) is 2. The van der Waals surface area contributed by atoms with Gasteiger partial charge in [0, 0.05) is 0 Å². The van der Waals surface area contributed by atoms with E-state index in [4.69, 9.17) is 9.47 Å². The molecule has 2 aromatic carbocycles. The number of benzene rings is 2. The number of methoxy groups -OCH3 is 1. The highest BCUT2D eigenvalue weighted by Crippen LogP contribution is 2.14. The summed E-state index contributed by atoms with van der Waals surface area (Å²) in [5.41, 5.74) is 1.19. The second kappa shape index (κ2) is 7.32. The Balaban J connectivity index is 1.90. The molecule has 0 saturated heterocycles. The molecule has 0 fully saturated rings. The van der Waals surface area contributed by atoms with Crippen LogP contribution in [0.4, 0.5) is 4.39 Å². The number of hydrogen-bond acceptors (Lipinski definition) is 3. The lowest BCUT2D eigenvalue weighted by Gasteiger charge is -2.05. The third-order valence-electron chi connectivity index (χ3n) is 2.78. The van der Waals surface area contributed by atoms with Crippen LogP contribution in [0.5, 0.6) is 11.5 Å². The van der Waals surface area contributed by atoms with Gasteiger partial charge in [-0.05, 0) is 35.7 Å². The van der Waals surface area contributed by atoms with Crippen molar-refractivity contribution in [1.82, 2.24) is 0 Å². The van der Waals surface area contributed by atoms with Crippen molar-refractivity contribution in [2.24, 2.45) is 0 Å². The van der Waals surface area contributed by atoms with Crippen LogP contribution in [0.2, 0.25) is 0 Å². The maximum atomic E-state index is 13.5. The van der Waals surface area contributed by atoms with E-state index >= 15 is 0 Å². The molecule has 1 atom stereocenters. The maximum absolute atomic E-state index is 13.5. The molecule has 0 radical (unpaired) electrons. The highest BCUT2D eigenvalue weighted by atomic mass is 19.1. The molecule has 2 rings (SSSR count). The van der Waals surface area contributed by atoms with Gasteiger partial charge < -0.3 is 14.6 Å². The predicted molar refractivity (Wildman–Crippen MR) is 77.7 cm³/mol. The van der Waals surface area contributed by atoms with E-state index in [0.29, 0.717) is 5.56 Å². The minimum atomic E-state index is -1.72. The van der Waals surface area contributed by atoms with Crippen LogP contribution >= 0.6 is 0 Å². The Bertz CT molecular complexity index is 641. The quantitative estimate of drug-likeness (QED) is 0.877. The zero-order valence-electron chi connectivity index (χ0n) is 11.5. The van der Waals surface area contributed by atoms with E-state index in [1.807, 2.05) is 0 Å². The highest BCUT2D eigenvalue weighted by molar-refractivity contribution is 5.45.